The Bertz CT molecular complexity index is 260. The summed E-state index contributed by atoms with van der Waals surface area (Å²) in [4.78, 5) is 3.70. The minimum absolute atomic E-state index is 0.748. The molecule has 1 heterocycles. The van der Waals surface area contributed by atoms with Crippen LogP contribution in [0.25, 0.3) is 0 Å². The van der Waals surface area contributed by atoms with Crippen LogP contribution in [-0.2, 0) is 0 Å². The summed E-state index contributed by atoms with van der Waals surface area (Å²) in [5.41, 5.74) is 0. The SMILES string of the molecule is N#CC(C#N)n1ccnc1. The molecule has 0 atom stereocenters. The van der Waals surface area contributed by atoms with Gasteiger partial charge in [0.1, 0.15) is 12.1 Å². The fourth-order valence-electron chi connectivity index (χ4n) is 0.584. The van der Waals surface area contributed by atoms with Crippen molar-refractivity contribution < 1.29 is 0 Å². The van der Waals surface area contributed by atoms with Crippen molar-refractivity contribution in [1.29, 1.82) is 10.5 Å². The zero-order valence-corrected chi connectivity index (χ0v) is 5.10. The van der Waals surface area contributed by atoms with E-state index in [1.54, 1.807) is 6.20 Å². The van der Waals surface area contributed by atoms with Gasteiger partial charge in [-0.05, 0) is 0 Å². The van der Waals surface area contributed by atoms with Crippen LogP contribution in [0.5, 0.6) is 0 Å². The molecule has 0 aromatic carbocycles. The van der Waals surface area contributed by atoms with Gasteiger partial charge in [-0.2, -0.15) is 10.5 Å². The van der Waals surface area contributed by atoms with Crippen molar-refractivity contribution in [2.24, 2.45) is 0 Å². The van der Waals surface area contributed by atoms with Crippen molar-refractivity contribution in [3.8, 4) is 12.1 Å². The molecule has 0 aliphatic heterocycles. The first kappa shape index (κ1) is 6.31. The Morgan fingerprint density at radius 3 is 2.50 bits per heavy atom. The van der Waals surface area contributed by atoms with Gasteiger partial charge >= 0.3 is 0 Å². The van der Waals surface area contributed by atoms with Crippen molar-refractivity contribution in [3.05, 3.63) is 18.7 Å². The Hall–Kier alpha value is -1.81. The van der Waals surface area contributed by atoms with E-state index >= 15 is 0 Å². The largest absolute Gasteiger partial charge is 0.309 e. The second kappa shape index (κ2) is 2.65. The molecule has 0 unspecified atom stereocenters. The quantitative estimate of drug-likeness (QED) is 0.557. The molecule has 0 aliphatic rings. The zero-order chi connectivity index (χ0) is 7.40. The van der Waals surface area contributed by atoms with E-state index in [1.165, 1.54) is 17.1 Å². The van der Waals surface area contributed by atoms with E-state index in [-0.39, 0.29) is 0 Å². The van der Waals surface area contributed by atoms with Gasteiger partial charge in [-0.1, -0.05) is 0 Å². The van der Waals surface area contributed by atoms with Crippen molar-refractivity contribution in [1.82, 2.24) is 9.55 Å². The molecular weight excluding hydrogens is 128 g/mol. The molecule has 0 saturated carbocycles. The van der Waals surface area contributed by atoms with E-state index in [9.17, 15) is 0 Å². The maximum Gasteiger partial charge on any atom is 0.209 e. The van der Waals surface area contributed by atoms with Crippen LogP contribution < -0.4 is 0 Å². The molecule has 0 fully saturated rings. The molecule has 1 aromatic heterocycles. The summed E-state index contributed by atoms with van der Waals surface area (Å²) in [5, 5.41) is 16.8. The molecule has 48 valence electrons. The summed E-state index contributed by atoms with van der Waals surface area (Å²) in [5.74, 6) is 0. The van der Waals surface area contributed by atoms with Crippen LogP contribution in [0.15, 0.2) is 18.7 Å². The van der Waals surface area contributed by atoms with Gasteiger partial charge in [0.25, 0.3) is 0 Å². The topological polar surface area (TPSA) is 65.4 Å². The van der Waals surface area contributed by atoms with Gasteiger partial charge in [0.05, 0.1) is 6.33 Å². The number of nitrogens with zero attached hydrogens (tertiary/aromatic N) is 4. The van der Waals surface area contributed by atoms with Crippen LogP contribution in [-0.4, -0.2) is 9.55 Å². The third-order valence-electron chi connectivity index (χ3n) is 1.07. The molecule has 0 bridgehead atoms. The minimum atomic E-state index is -0.748. The smallest absolute Gasteiger partial charge is 0.209 e. The summed E-state index contributed by atoms with van der Waals surface area (Å²) in [6.07, 6.45) is 4.55. The van der Waals surface area contributed by atoms with E-state index in [1.807, 2.05) is 12.1 Å². The number of hydrogen-bond acceptors (Lipinski definition) is 3. The summed E-state index contributed by atoms with van der Waals surface area (Å²) < 4.78 is 1.44. The molecule has 0 amide bonds. The molecule has 0 spiro atoms. The highest BCUT2D eigenvalue weighted by Gasteiger charge is 2.04. The first-order valence-corrected chi connectivity index (χ1v) is 2.65. The van der Waals surface area contributed by atoms with Crippen molar-refractivity contribution in [2.75, 3.05) is 0 Å². The van der Waals surface area contributed by atoms with Crippen LogP contribution in [0.3, 0.4) is 0 Å². The van der Waals surface area contributed by atoms with Crippen LogP contribution in [0.1, 0.15) is 6.04 Å². The second-order valence-corrected chi connectivity index (χ2v) is 1.67. The monoisotopic (exact) mass is 132 g/mol. The molecular formula is C6H4N4. The number of rotatable bonds is 1. The lowest BCUT2D eigenvalue weighted by atomic mass is 10.4. The highest BCUT2D eigenvalue weighted by molar-refractivity contribution is 5.05. The minimum Gasteiger partial charge on any atom is -0.309 e. The Labute approximate surface area is 58.0 Å². The molecule has 0 N–H and O–H groups in total. The Morgan fingerprint density at radius 2 is 2.10 bits per heavy atom. The van der Waals surface area contributed by atoms with E-state index < -0.39 is 6.04 Å². The average Bonchev–Trinajstić information content (AvgIpc) is 2.43. The maximum absolute atomic E-state index is 8.38. The highest BCUT2D eigenvalue weighted by Crippen LogP contribution is 2.00. The van der Waals surface area contributed by atoms with Gasteiger partial charge in [0, 0.05) is 12.4 Å². The van der Waals surface area contributed by atoms with Crippen molar-refractivity contribution >= 4 is 0 Å². The van der Waals surface area contributed by atoms with Crippen molar-refractivity contribution in [2.45, 2.75) is 6.04 Å². The zero-order valence-electron chi connectivity index (χ0n) is 5.10. The average molecular weight is 132 g/mol. The van der Waals surface area contributed by atoms with Crippen LogP contribution in [0.2, 0.25) is 0 Å². The molecule has 0 radical (unpaired) electrons. The lowest BCUT2D eigenvalue weighted by molar-refractivity contribution is 0.745. The fraction of sp³-hybridized carbons (Fsp3) is 0.167. The molecule has 0 aliphatic carbocycles. The van der Waals surface area contributed by atoms with E-state index in [0.717, 1.165) is 0 Å². The lowest BCUT2D eigenvalue weighted by Crippen LogP contribution is -2.00. The van der Waals surface area contributed by atoms with E-state index in [4.69, 9.17) is 10.5 Å². The number of nitriles is 2. The van der Waals surface area contributed by atoms with Gasteiger partial charge in [-0.3, -0.25) is 0 Å². The van der Waals surface area contributed by atoms with Crippen LogP contribution in [0, 0.1) is 22.7 Å². The predicted molar refractivity (Wildman–Crippen MR) is 32.5 cm³/mol. The normalized spacial score (nSPS) is 8.70. The Morgan fingerprint density at radius 1 is 1.40 bits per heavy atom. The van der Waals surface area contributed by atoms with E-state index in [2.05, 4.69) is 4.98 Å². The maximum atomic E-state index is 8.38. The van der Waals surface area contributed by atoms with E-state index in [0.29, 0.717) is 0 Å². The highest BCUT2D eigenvalue weighted by atomic mass is 15.0. The molecule has 10 heavy (non-hydrogen) atoms. The molecule has 0 saturated heterocycles. The molecule has 1 rings (SSSR count). The third-order valence-corrected chi connectivity index (χ3v) is 1.07. The summed E-state index contributed by atoms with van der Waals surface area (Å²) in [6, 6.07) is 2.88. The number of hydrogen-bond donors (Lipinski definition) is 0. The third kappa shape index (κ3) is 0.958. The number of imidazole rings is 1. The van der Waals surface area contributed by atoms with Crippen molar-refractivity contribution in [3.63, 3.8) is 0 Å². The standard InChI is InChI=1S/C6H4N4/c7-3-6(4-8)10-2-1-9-5-10/h1-2,5-6H. The van der Waals surface area contributed by atoms with Gasteiger partial charge in [0.15, 0.2) is 0 Å². The van der Waals surface area contributed by atoms with Gasteiger partial charge in [0.2, 0.25) is 6.04 Å². The summed E-state index contributed by atoms with van der Waals surface area (Å²) >= 11 is 0. The molecule has 1 aromatic rings. The lowest BCUT2D eigenvalue weighted by Gasteiger charge is -1.96. The van der Waals surface area contributed by atoms with Crippen LogP contribution in [0.4, 0.5) is 0 Å². The molecule has 4 nitrogen and oxygen atoms in total. The number of aromatic nitrogens is 2. The second-order valence-electron chi connectivity index (χ2n) is 1.67. The predicted octanol–water partition coefficient (Wildman–Crippen LogP) is 0.471. The first-order chi connectivity index (χ1) is 4.88. The van der Waals surface area contributed by atoms with Crippen LogP contribution >= 0.6 is 0 Å². The summed E-state index contributed by atoms with van der Waals surface area (Å²) in [7, 11) is 0. The molecule has 4 heteroatoms. The Balaban J connectivity index is 2.89. The Kier molecular flexibility index (Phi) is 1.67. The van der Waals surface area contributed by atoms with Gasteiger partial charge < -0.3 is 4.57 Å². The fourth-order valence-corrected chi connectivity index (χ4v) is 0.584. The van der Waals surface area contributed by atoms with Gasteiger partial charge in [-0.25, -0.2) is 4.98 Å². The summed E-state index contributed by atoms with van der Waals surface area (Å²) in [6.45, 7) is 0. The van der Waals surface area contributed by atoms with Gasteiger partial charge in [-0.15, -0.1) is 0 Å². The first-order valence-electron chi connectivity index (χ1n) is 2.65.